The molecule has 0 aromatic heterocycles. The number of carbonyl (C=O) groups excluding carboxylic acids is 2. The molecule has 0 bridgehead atoms. The number of hydrogen-bond acceptors (Lipinski definition) is 3. The molecule has 122 valence electrons. The highest BCUT2D eigenvalue weighted by Crippen LogP contribution is 2.26. The van der Waals surface area contributed by atoms with E-state index in [9.17, 15) is 14.0 Å². The average Bonchev–Trinajstić information content (AvgIpc) is 2.85. The number of urea groups is 1. The molecule has 0 unspecified atom stereocenters. The molecule has 7 heteroatoms. The minimum atomic E-state index is -0.574. The van der Waals surface area contributed by atoms with Gasteiger partial charge in [-0.25, -0.2) is 9.18 Å². The first-order valence-electron chi connectivity index (χ1n) is 7.03. The lowest BCUT2D eigenvalue weighted by Crippen LogP contribution is -2.22. The summed E-state index contributed by atoms with van der Waals surface area (Å²) in [6.45, 7) is 0.0447. The Morgan fingerprint density at radius 2 is 1.92 bits per heavy atom. The van der Waals surface area contributed by atoms with Gasteiger partial charge in [-0.05, 0) is 30.3 Å². The number of imide groups is 1. The van der Waals surface area contributed by atoms with Crippen molar-refractivity contribution in [2.45, 2.75) is 6.61 Å². The molecule has 2 aromatic rings. The van der Waals surface area contributed by atoms with Crippen molar-refractivity contribution in [3.63, 3.8) is 0 Å². The van der Waals surface area contributed by atoms with Crippen LogP contribution in [0.1, 0.15) is 11.1 Å². The van der Waals surface area contributed by atoms with Gasteiger partial charge in [0.15, 0.2) is 0 Å². The van der Waals surface area contributed by atoms with Gasteiger partial charge in [-0.2, -0.15) is 0 Å². The number of carbonyl (C=O) groups is 2. The van der Waals surface area contributed by atoms with E-state index in [0.29, 0.717) is 16.9 Å². The van der Waals surface area contributed by atoms with Gasteiger partial charge in [0.05, 0.1) is 0 Å². The monoisotopic (exact) mass is 390 g/mol. The Balaban J connectivity index is 1.86. The van der Waals surface area contributed by atoms with Gasteiger partial charge in [0, 0.05) is 15.6 Å². The minimum Gasteiger partial charge on any atom is -0.488 e. The molecule has 3 amide bonds. The van der Waals surface area contributed by atoms with E-state index in [-0.39, 0.29) is 18.1 Å². The summed E-state index contributed by atoms with van der Waals surface area (Å²) in [5, 5.41) is 4.54. The molecule has 1 saturated heterocycles. The summed E-state index contributed by atoms with van der Waals surface area (Å²) in [4.78, 5) is 22.8. The zero-order valence-corrected chi connectivity index (χ0v) is 13.9. The highest BCUT2D eigenvalue weighted by atomic mass is 79.9. The normalized spacial score (nSPS) is 15.3. The fourth-order valence-corrected chi connectivity index (χ4v) is 2.55. The van der Waals surface area contributed by atoms with Gasteiger partial charge in [0.1, 0.15) is 23.9 Å². The fraction of sp³-hybridized carbons (Fsp3) is 0.0588. The van der Waals surface area contributed by atoms with Crippen LogP contribution in [0, 0.1) is 5.82 Å². The van der Waals surface area contributed by atoms with E-state index < -0.39 is 11.9 Å². The highest BCUT2D eigenvalue weighted by Gasteiger charge is 2.23. The van der Waals surface area contributed by atoms with Crippen LogP contribution in [0.15, 0.2) is 52.6 Å². The van der Waals surface area contributed by atoms with Crippen molar-refractivity contribution < 1.29 is 18.7 Å². The molecule has 1 aliphatic rings. The molecular weight excluding hydrogens is 379 g/mol. The van der Waals surface area contributed by atoms with Gasteiger partial charge in [-0.3, -0.25) is 10.1 Å². The third-order valence-electron chi connectivity index (χ3n) is 3.33. The standard InChI is InChI=1S/C17H12BrFN2O3/c18-12-5-6-15(24-9-10-3-1-2-4-13(10)19)11(7-12)8-14-16(22)21-17(23)20-14/h1-8H,9H2,(H2,20,21,22,23)/b14-8-. The Hall–Kier alpha value is -2.67. The summed E-state index contributed by atoms with van der Waals surface area (Å²) in [5.41, 5.74) is 1.12. The molecule has 3 rings (SSSR count). The van der Waals surface area contributed by atoms with Crippen LogP contribution in [-0.4, -0.2) is 11.9 Å². The van der Waals surface area contributed by atoms with Crippen LogP contribution in [-0.2, 0) is 11.4 Å². The quantitative estimate of drug-likeness (QED) is 0.621. The summed E-state index contributed by atoms with van der Waals surface area (Å²) >= 11 is 3.35. The molecule has 2 aromatic carbocycles. The van der Waals surface area contributed by atoms with Crippen molar-refractivity contribution in [2.75, 3.05) is 0 Å². The summed E-state index contributed by atoms with van der Waals surface area (Å²) < 4.78 is 20.1. The molecule has 0 spiro atoms. The van der Waals surface area contributed by atoms with E-state index in [1.807, 2.05) is 0 Å². The van der Waals surface area contributed by atoms with Crippen molar-refractivity contribution in [3.05, 3.63) is 69.6 Å². The Morgan fingerprint density at radius 3 is 2.62 bits per heavy atom. The molecule has 2 N–H and O–H groups in total. The lowest BCUT2D eigenvalue weighted by atomic mass is 10.1. The molecule has 5 nitrogen and oxygen atoms in total. The zero-order valence-electron chi connectivity index (χ0n) is 12.3. The second kappa shape index (κ2) is 6.84. The average molecular weight is 391 g/mol. The van der Waals surface area contributed by atoms with Crippen molar-refractivity contribution in [1.29, 1.82) is 0 Å². The van der Waals surface area contributed by atoms with E-state index in [0.717, 1.165) is 4.47 Å². The molecular formula is C17H12BrFN2O3. The van der Waals surface area contributed by atoms with Gasteiger partial charge in [0.2, 0.25) is 0 Å². The highest BCUT2D eigenvalue weighted by molar-refractivity contribution is 9.10. The number of rotatable bonds is 4. The van der Waals surface area contributed by atoms with Crippen LogP contribution in [0.3, 0.4) is 0 Å². The Labute approximate surface area is 145 Å². The van der Waals surface area contributed by atoms with E-state index in [4.69, 9.17) is 4.74 Å². The van der Waals surface area contributed by atoms with Gasteiger partial charge in [-0.1, -0.05) is 34.1 Å². The number of benzene rings is 2. The van der Waals surface area contributed by atoms with Crippen molar-refractivity contribution in [2.24, 2.45) is 0 Å². The Kier molecular flexibility index (Phi) is 4.61. The maximum absolute atomic E-state index is 13.7. The predicted octanol–water partition coefficient (Wildman–Crippen LogP) is 3.35. The maximum Gasteiger partial charge on any atom is 0.326 e. The zero-order chi connectivity index (χ0) is 17.1. The molecule has 0 atom stereocenters. The number of hydrogen-bond donors (Lipinski definition) is 2. The fourth-order valence-electron chi connectivity index (χ4n) is 2.17. The lowest BCUT2D eigenvalue weighted by Gasteiger charge is -2.11. The van der Waals surface area contributed by atoms with Crippen LogP contribution in [0.4, 0.5) is 9.18 Å². The molecule has 0 radical (unpaired) electrons. The predicted molar refractivity (Wildman–Crippen MR) is 89.5 cm³/mol. The van der Waals surface area contributed by atoms with Crippen LogP contribution in [0.2, 0.25) is 0 Å². The second-order valence-electron chi connectivity index (χ2n) is 5.03. The van der Waals surface area contributed by atoms with Crippen molar-refractivity contribution >= 4 is 33.9 Å². The van der Waals surface area contributed by atoms with E-state index in [2.05, 4.69) is 26.6 Å². The summed E-state index contributed by atoms with van der Waals surface area (Å²) in [5.74, 6) is -0.403. The van der Waals surface area contributed by atoms with E-state index in [1.54, 1.807) is 36.4 Å². The first kappa shape index (κ1) is 16.2. The summed E-state index contributed by atoms with van der Waals surface area (Å²) in [6, 6.07) is 11.0. The Morgan fingerprint density at radius 1 is 1.12 bits per heavy atom. The van der Waals surface area contributed by atoms with Crippen molar-refractivity contribution in [3.8, 4) is 5.75 Å². The molecule has 1 aliphatic heterocycles. The molecule has 24 heavy (non-hydrogen) atoms. The number of halogens is 2. The van der Waals surface area contributed by atoms with Crippen LogP contribution in [0.5, 0.6) is 5.75 Å². The number of nitrogens with one attached hydrogen (secondary N) is 2. The summed E-state index contributed by atoms with van der Waals surface area (Å²) in [7, 11) is 0. The third-order valence-corrected chi connectivity index (χ3v) is 3.83. The van der Waals surface area contributed by atoms with Crippen LogP contribution < -0.4 is 15.4 Å². The minimum absolute atomic E-state index is 0.0447. The second-order valence-corrected chi connectivity index (χ2v) is 5.94. The van der Waals surface area contributed by atoms with Gasteiger partial charge in [0.25, 0.3) is 5.91 Å². The van der Waals surface area contributed by atoms with Crippen molar-refractivity contribution in [1.82, 2.24) is 10.6 Å². The third kappa shape index (κ3) is 3.62. The smallest absolute Gasteiger partial charge is 0.326 e. The lowest BCUT2D eigenvalue weighted by molar-refractivity contribution is -0.115. The van der Waals surface area contributed by atoms with Crippen LogP contribution in [0.25, 0.3) is 6.08 Å². The largest absolute Gasteiger partial charge is 0.488 e. The number of ether oxygens (including phenoxy) is 1. The molecule has 1 fully saturated rings. The van der Waals surface area contributed by atoms with Gasteiger partial charge >= 0.3 is 6.03 Å². The first-order chi connectivity index (χ1) is 11.5. The van der Waals surface area contributed by atoms with E-state index >= 15 is 0 Å². The SMILES string of the molecule is O=C1NC(=O)/C(=C/c2cc(Br)ccc2OCc2ccccc2F)N1. The molecule has 0 aliphatic carbocycles. The maximum atomic E-state index is 13.7. The molecule has 1 heterocycles. The topological polar surface area (TPSA) is 67.4 Å². The number of amides is 3. The van der Waals surface area contributed by atoms with Crippen LogP contribution >= 0.6 is 15.9 Å². The van der Waals surface area contributed by atoms with Gasteiger partial charge < -0.3 is 10.1 Å². The Bertz CT molecular complexity index is 851. The molecule has 0 saturated carbocycles. The first-order valence-corrected chi connectivity index (χ1v) is 7.82. The van der Waals surface area contributed by atoms with E-state index in [1.165, 1.54) is 12.1 Å². The van der Waals surface area contributed by atoms with Gasteiger partial charge in [-0.15, -0.1) is 0 Å². The summed E-state index contributed by atoms with van der Waals surface area (Å²) in [6.07, 6.45) is 1.50.